The molecular weight excluding hydrogens is 262 g/mol. The third-order valence-electron chi connectivity index (χ3n) is 3.29. The van der Waals surface area contributed by atoms with Gasteiger partial charge in [-0.3, -0.25) is 9.69 Å². The number of carbonyl (C=O) groups is 2. The Morgan fingerprint density at radius 2 is 2.05 bits per heavy atom. The summed E-state index contributed by atoms with van der Waals surface area (Å²) in [4.78, 5) is 24.0. The summed E-state index contributed by atoms with van der Waals surface area (Å²) in [6, 6.07) is 6.58. The molecule has 1 aliphatic heterocycles. The highest BCUT2D eigenvalue weighted by atomic mass is 16.6. The van der Waals surface area contributed by atoms with Gasteiger partial charge in [-0.2, -0.15) is 0 Å². The molecule has 1 fully saturated rings. The standard InChI is InChI=1S/C14H17NO5/c1-14(7-6-12(17)18)9-15(13(19)20-14)8-10-2-4-11(16)5-3-10/h2-5,16H,6-9H2,1H3,(H,17,18). The Hall–Kier alpha value is -2.24. The van der Waals surface area contributed by atoms with Crippen LogP contribution in [0.25, 0.3) is 0 Å². The number of phenols is 1. The van der Waals surface area contributed by atoms with E-state index in [1.165, 1.54) is 4.90 Å². The average Bonchev–Trinajstić information content (AvgIpc) is 2.66. The molecule has 2 rings (SSSR count). The Morgan fingerprint density at radius 3 is 2.65 bits per heavy atom. The molecule has 1 saturated heterocycles. The molecule has 0 aliphatic carbocycles. The van der Waals surface area contributed by atoms with Gasteiger partial charge in [0, 0.05) is 13.0 Å². The number of hydrogen-bond acceptors (Lipinski definition) is 4. The molecule has 1 aromatic carbocycles. The molecule has 1 aromatic rings. The van der Waals surface area contributed by atoms with Crippen molar-refractivity contribution in [3.63, 3.8) is 0 Å². The van der Waals surface area contributed by atoms with E-state index in [1.54, 1.807) is 31.2 Å². The average molecular weight is 279 g/mol. The van der Waals surface area contributed by atoms with Crippen LogP contribution in [0.15, 0.2) is 24.3 Å². The molecule has 6 heteroatoms. The minimum Gasteiger partial charge on any atom is -0.508 e. The minimum absolute atomic E-state index is 0.0309. The number of carbonyl (C=O) groups excluding carboxylic acids is 1. The first-order valence-electron chi connectivity index (χ1n) is 6.36. The summed E-state index contributed by atoms with van der Waals surface area (Å²) >= 11 is 0. The van der Waals surface area contributed by atoms with E-state index in [4.69, 9.17) is 9.84 Å². The second kappa shape index (κ2) is 5.40. The van der Waals surface area contributed by atoms with E-state index >= 15 is 0 Å². The molecule has 0 aromatic heterocycles. The van der Waals surface area contributed by atoms with Crippen molar-refractivity contribution in [3.05, 3.63) is 29.8 Å². The maximum absolute atomic E-state index is 11.8. The van der Waals surface area contributed by atoms with Gasteiger partial charge in [-0.05, 0) is 31.0 Å². The van der Waals surface area contributed by atoms with Crippen LogP contribution in [0.3, 0.4) is 0 Å². The first kappa shape index (κ1) is 14.2. The zero-order valence-electron chi connectivity index (χ0n) is 11.2. The summed E-state index contributed by atoms with van der Waals surface area (Å²) in [6.07, 6.45) is -0.178. The van der Waals surface area contributed by atoms with E-state index < -0.39 is 17.7 Å². The molecule has 1 unspecified atom stereocenters. The van der Waals surface area contributed by atoms with Crippen LogP contribution in [-0.4, -0.2) is 39.3 Å². The van der Waals surface area contributed by atoms with E-state index in [1.807, 2.05) is 0 Å². The molecule has 0 bridgehead atoms. The summed E-state index contributed by atoms with van der Waals surface area (Å²) in [5.74, 6) is -0.733. The molecule has 1 amide bonds. The number of aliphatic carboxylic acids is 1. The first-order chi connectivity index (χ1) is 9.38. The topological polar surface area (TPSA) is 87.1 Å². The predicted octanol–water partition coefficient (Wildman–Crippen LogP) is 1.97. The maximum atomic E-state index is 11.8. The van der Waals surface area contributed by atoms with Crippen LogP contribution in [0.4, 0.5) is 4.79 Å². The minimum atomic E-state index is -0.903. The van der Waals surface area contributed by atoms with Crippen molar-refractivity contribution in [1.82, 2.24) is 4.90 Å². The summed E-state index contributed by atoms with van der Waals surface area (Å²) < 4.78 is 5.28. The Bertz CT molecular complexity index is 513. The Kier molecular flexibility index (Phi) is 3.83. The monoisotopic (exact) mass is 279 g/mol. The highest BCUT2D eigenvalue weighted by Gasteiger charge is 2.41. The third-order valence-corrected chi connectivity index (χ3v) is 3.29. The van der Waals surface area contributed by atoms with Gasteiger partial charge >= 0.3 is 12.1 Å². The number of ether oxygens (including phenoxy) is 1. The van der Waals surface area contributed by atoms with Gasteiger partial charge in [-0.1, -0.05) is 12.1 Å². The molecular formula is C14H17NO5. The molecule has 1 atom stereocenters. The van der Waals surface area contributed by atoms with Gasteiger partial charge in [0.05, 0.1) is 6.54 Å². The number of phenolic OH excluding ortho intramolecular Hbond substituents is 1. The molecule has 1 aliphatic rings. The molecule has 20 heavy (non-hydrogen) atoms. The van der Waals surface area contributed by atoms with Gasteiger partial charge in [-0.15, -0.1) is 0 Å². The number of benzene rings is 1. The highest BCUT2D eigenvalue weighted by Crippen LogP contribution is 2.28. The smallest absolute Gasteiger partial charge is 0.410 e. The van der Waals surface area contributed by atoms with Crippen molar-refractivity contribution in [2.75, 3.05) is 6.54 Å². The number of carboxylic acids is 1. The van der Waals surface area contributed by atoms with Crippen molar-refractivity contribution in [2.24, 2.45) is 0 Å². The van der Waals surface area contributed by atoms with Gasteiger partial charge in [0.1, 0.15) is 11.4 Å². The van der Waals surface area contributed by atoms with Crippen LogP contribution in [-0.2, 0) is 16.1 Å². The number of rotatable bonds is 5. The zero-order valence-corrected chi connectivity index (χ0v) is 11.2. The maximum Gasteiger partial charge on any atom is 0.410 e. The van der Waals surface area contributed by atoms with Gasteiger partial charge in [0.25, 0.3) is 0 Å². The molecule has 0 saturated carbocycles. The van der Waals surface area contributed by atoms with E-state index in [-0.39, 0.29) is 12.2 Å². The number of cyclic esters (lactones) is 1. The fraction of sp³-hybridized carbons (Fsp3) is 0.429. The second-order valence-corrected chi connectivity index (χ2v) is 5.23. The Labute approximate surface area is 116 Å². The molecule has 1 heterocycles. The summed E-state index contributed by atoms with van der Waals surface area (Å²) in [5, 5.41) is 17.9. The summed E-state index contributed by atoms with van der Waals surface area (Å²) in [6.45, 7) is 2.48. The van der Waals surface area contributed by atoms with Crippen molar-refractivity contribution >= 4 is 12.1 Å². The van der Waals surface area contributed by atoms with Crippen LogP contribution in [0.5, 0.6) is 5.75 Å². The third kappa shape index (κ3) is 3.40. The zero-order chi connectivity index (χ0) is 14.8. The molecule has 0 radical (unpaired) electrons. The fourth-order valence-corrected chi connectivity index (χ4v) is 2.22. The van der Waals surface area contributed by atoms with E-state index in [0.717, 1.165) is 5.56 Å². The van der Waals surface area contributed by atoms with Crippen LogP contribution in [0.1, 0.15) is 25.3 Å². The first-order valence-corrected chi connectivity index (χ1v) is 6.36. The van der Waals surface area contributed by atoms with Crippen molar-refractivity contribution < 1.29 is 24.5 Å². The van der Waals surface area contributed by atoms with E-state index in [2.05, 4.69) is 0 Å². The quantitative estimate of drug-likeness (QED) is 0.860. The molecule has 2 N–H and O–H groups in total. The summed E-state index contributed by atoms with van der Waals surface area (Å²) in [7, 11) is 0. The normalized spacial score (nSPS) is 21.9. The second-order valence-electron chi connectivity index (χ2n) is 5.23. The number of nitrogens with zero attached hydrogens (tertiary/aromatic N) is 1. The highest BCUT2D eigenvalue weighted by molar-refractivity contribution is 5.71. The van der Waals surface area contributed by atoms with Gasteiger partial charge in [0.15, 0.2) is 0 Å². The molecule has 108 valence electrons. The lowest BCUT2D eigenvalue weighted by atomic mass is 10.00. The number of amides is 1. The largest absolute Gasteiger partial charge is 0.508 e. The van der Waals surface area contributed by atoms with Crippen LogP contribution < -0.4 is 0 Å². The lowest BCUT2D eigenvalue weighted by Gasteiger charge is -2.20. The van der Waals surface area contributed by atoms with Crippen LogP contribution >= 0.6 is 0 Å². The van der Waals surface area contributed by atoms with Gasteiger partial charge < -0.3 is 14.9 Å². The SMILES string of the molecule is CC1(CCC(=O)O)CN(Cc2ccc(O)cc2)C(=O)O1. The van der Waals surface area contributed by atoms with E-state index in [0.29, 0.717) is 19.5 Å². The van der Waals surface area contributed by atoms with Crippen molar-refractivity contribution in [3.8, 4) is 5.75 Å². The van der Waals surface area contributed by atoms with Crippen molar-refractivity contribution in [2.45, 2.75) is 31.9 Å². The fourth-order valence-electron chi connectivity index (χ4n) is 2.22. The molecule has 0 spiro atoms. The summed E-state index contributed by atoms with van der Waals surface area (Å²) in [5.41, 5.74) is 0.120. The predicted molar refractivity (Wildman–Crippen MR) is 70.3 cm³/mol. The number of aromatic hydroxyl groups is 1. The van der Waals surface area contributed by atoms with Gasteiger partial charge in [-0.25, -0.2) is 4.79 Å². The lowest BCUT2D eigenvalue weighted by Crippen LogP contribution is -2.31. The van der Waals surface area contributed by atoms with Crippen molar-refractivity contribution in [1.29, 1.82) is 0 Å². The number of carboxylic acid groups (broad SMARTS) is 1. The lowest BCUT2D eigenvalue weighted by molar-refractivity contribution is -0.138. The number of hydrogen-bond donors (Lipinski definition) is 2. The van der Waals surface area contributed by atoms with Gasteiger partial charge in [0.2, 0.25) is 0 Å². The van der Waals surface area contributed by atoms with Crippen LogP contribution in [0.2, 0.25) is 0 Å². The van der Waals surface area contributed by atoms with E-state index in [9.17, 15) is 14.7 Å². The molecule has 6 nitrogen and oxygen atoms in total. The Morgan fingerprint density at radius 1 is 1.40 bits per heavy atom. The van der Waals surface area contributed by atoms with Crippen LogP contribution in [0, 0.1) is 0 Å². The Balaban J connectivity index is 1.98.